The average molecular weight is 358 g/mol. The standard InChI is InChI=1S/C11H15BrO8/c1-5(13)17-8-4-16-11(20-12)10(19-7(3)15)9(8)18-6(2)14/h8-11H,4H2,1-3H3/t8-,9+,10-,11?/m1/s1/i1D,2D,3D. The number of esters is 3. The average Bonchev–Trinajstić information content (AvgIpc) is 2.56. The van der Waals surface area contributed by atoms with Crippen LogP contribution in [0.3, 0.4) is 0 Å². The Labute approximate surface area is 128 Å². The topological polar surface area (TPSA) is 97.4 Å². The van der Waals surface area contributed by atoms with Gasteiger partial charge in [-0.25, -0.2) is 0 Å². The zero-order chi connectivity index (χ0) is 17.4. The van der Waals surface area contributed by atoms with Crippen molar-refractivity contribution in [3.8, 4) is 0 Å². The summed E-state index contributed by atoms with van der Waals surface area (Å²) in [7, 11) is 0. The Morgan fingerprint density at radius 1 is 1.05 bits per heavy atom. The highest BCUT2D eigenvalue weighted by molar-refractivity contribution is 9.06. The number of halogens is 1. The van der Waals surface area contributed by atoms with Gasteiger partial charge in [0.25, 0.3) is 0 Å². The lowest BCUT2D eigenvalue weighted by atomic mass is 10.0. The molecule has 0 spiro atoms. The van der Waals surface area contributed by atoms with Crippen molar-refractivity contribution >= 4 is 34.2 Å². The van der Waals surface area contributed by atoms with Crippen molar-refractivity contribution in [2.24, 2.45) is 0 Å². The van der Waals surface area contributed by atoms with Crippen LogP contribution in [0.2, 0.25) is 0 Å². The van der Waals surface area contributed by atoms with Crippen molar-refractivity contribution in [1.82, 2.24) is 0 Å². The number of ether oxygens (including phenoxy) is 4. The zero-order valence-electron chi connectivity index (χ0n) is 13.3. The van der Waals surface area contributed by atoms with Gasteiger partial charge in [0.05, 0.1) is 6.61 Å². The molecule has 9 heteroatoms. The molecule has 0 aromatic rings. The molecule has 1 saturated heterocycles. The van der Waals surface area contributed by atoms with Crippen LogP contribution < -0.4 is 0 Å². The lowest BCUT2D eigenvalue weighted by molar-refractivity contribution is -0.255. The van der Waals surface area contributed by atoms with Gasteiger partial charge in [-0.3, -0.25) is 18.2 Å². The van der Waals surface area contributed by atoms with Crippen LogP contribution in [0, 0.1) is 0 Å². The van der Waals surface area contributed by atoms with Crippen molar-refractivity contribution in [1.29, 1.82) is 0 Å². The zero-order valence-corrected chi connectivity index (χ0v) is 11.9. The van der Waals surface area contributed by atoms with E-state index in [0.29, 0.717) is 0 Å². The molecule has 114 valence electrons. The molecular formula is C11H15BrO8. The van der Waals surface area contributed by atoms with Gasteiger partial charge in [0.1, 0.15) is 16.3 Å². The van der Waals surface area contributed by atoms with Crippen LogP contribution in [-0.2, 0) is 37.2 Å². The quantitative estimate of drug-likeness (QED) is 0.528. The molecule has 1 aliphatic heterocycles. The summed E-state index contributed by atoms with van der Waals surface area (Å²) in [5, 5.41) is 0. The van der Waals surface area contributed by atoms with Crippen LogP contribution in [0.15, 0.2) is 0 Å². The van der Waals surface area contributed by atoms with Crippen LogP contribution in [0.5, 0.6) is 0 Å². The summed E-state index contributed by atoms with van der Waals surface area (Å²) in [5.74, 6) is -2.77. The first-order valence-electron chi connectivity index (χ1n) is 7.44. The molecule has 20 heavy (non-hydrogen) atoms. The van der Waals surface area contributed by atoms with Crippen molar-refractivity contribution in [3.63, 3.8) is 0 Å². The SMILES string of the molecule is [2H]CC(=O)O[C@H]1[C@H](OC(=O)C[2H])COC(OBr)[C@@H]1OC(=O)C[2H]. The molecule has 0 saturated carbocycles. The van der Waals surface area contributed by atoms with Gasteiger partial charge < -0.3 is 18.9 Å². The third kappa shape index (κ3) is 4.73. The molecule has 8 nitrogen and oxygen atoms in total. The number of carbonyl (C=O) groups is 3. The summed E-state index contributed by atoms with van der Waals surface area (Å²) in [6, 6.07) is 0. The van der Waals surface area contributed by atoms with Gasteiger partial charge in [-0.05, 0) is 0 Å². The lowest BCUT2D eigenvalue weighted by Gasteiger charge is -2.39. The second kappa shape index (κ2) is 7.55. The van der Waals surface area contributed by atoms with E-state index in [-0.39, 0.29) is 6.61 Å². The van der Waals surface area contributed by atoms with Gasteiger partial charge in [-0.2, -0.15) is 0 Å². The molecule has 0 N–H and O–H groups in total. The second-order valence-electron chi connectivity index (χ2n) is 3.73. The molecule has 0 radical (unpaired) electrons. The Morgan fingerprint density at radius 3 is 2.15 bits per heavy atom. The van der Waals surface area contributed by atoms with Crippen molar-refractivity contribution in [2.45, 2.75) is 45.3 Å². The predicted molar refractivity (Wildman–Crippen MR) is 66.4 cm³/mol. The van der Waals surface area contributed by atoms with Gasteiger partial charge in [0.2, 0.25) is 6.29 Å². The molecule has 0 amide bonds. The highest BCUT2D eigenvalue weighted by Gasteiger charge is 2.47. The van der Waals surface area contributed by atoms with Gasteiger partial charge in [-0.1, -0.05) is 0 Å². The van der Waals surface area contributed by atoms with Crippen LogP contribution in [0.4, 0.5) is 0 Å². The highest BCUT2D eigenvalue weighted by Crippen LogP contribution is 2.26. The summed E-state index contributed by atoms with van der Waals surface area (Å²) < 4.78 is 45.8. The molecule has 1 fully saturated rings. The molecule has 0 aromatic carbocycles. The Balaban J connectivity index is 2.99. The predicted octanol–water partition coefficient (Wildman–Crippen LogP) is 0.464. The summed E-state index contributed by atoms with van der Waals surface area (Å²) >= 11 is 2.68. The van der Waals surface area contributed by atoms with Crippen molar-refractivity contribution < 1.29 is 41.3 Å². The first kappa shape index (κ1) is 12.5. The fourth-order valence-corrected chi connectivity index (χ4v) is 1.98. The Hall–Kier alpha value is -1.19. The third-order valence-electron chi connectivity index (χ3n) is 2.29. The fraction of sp³-hybridized carbons (Fsp3) is 0.727. The number of rotatable bonds is 4. The van der Waals surface area contributed by atoms with E-state index in [4.69, 9.17) is 26.9 Å². The van der Waals surface area contributed by atoms with E-state index in [0.717, 1.165) is 0 Å². The van der Waals surface area contributed by atoms with Gasteiger partial charge in [0, 0.05) is 24.8 Å². The van der Waals surface area contributed by atoms with Crippen LogP contribution in [-0.4, -0.2) is 49.1 Å². The first-order chi connectivity index (χ1) is 11.0. The summed E-state index contributed by atoms with van der Waals surface area (Å²) in [5.41, 5.74) is 0. The lowest BCUT2D eigenvalue weighted by Crippen LogP contribution is -2.57. The van der Waals surface area contributed by atoms with Gasteiger partial charge in [0.15, 0.2) is 18.3 Å². The van der Waals surface area contributed by atoms with Crippen molar-refractivity contribution in [2.75, 3.05) is 6.61 Å². The van der Waals surface area contributed by atoms with E-state index in [1.165, 1.54) is 0 Å². The molecule has 0 bridgehead atoms. The summed E-state index contributed by atoms with van der Waals surface area (Å²) in [6.07, 6.45) is -4.94. The van der Waals surface area contributed by atoms with E-state index in [1.54, 1.807) is 0 Å². The normalized spacial score (nSPS) is 31.4. The molecular weight excluding hydrogens is 340 g/mol. The minimum Gasteiger partial charge on any atom is -0.456 e. The Kier molecular flexibility index (Phi) is 4.74. The summed E-state index contributed by atoms with van der Waals surface area (Å²) in [6.45, 7) is -2.30. The van der Waals surface area contributed by atoms with Crippen LogP contribution >= 0.6 is 16.3 Å². The maximum atomic E-state index is 11.4. The van der Waals surface area contributed by atoms with E-state index in [1.807, 2.05) is 0 Å². The first-order valence-corrected chi connectivity index (χ1v) is 5.96. The molecule has 0 aromatic heterocycles. The maximum absolute atomic E-state index is 11.4. The number of hydrogen-bond donors (Lipinski definition) is 0. The Morgan fingerprint density at radius 2 is 1.60 bits per heavy atom. The second-order valence-corrected chi connectivity index (χ2v) is 4.10. The van der Waals surface area contributed by atoms with Crippen LogP contribution in [0.1, 0.15) is 24.8 Å². The minimum absolute atomic E-state index is 0.243. The van der Waals surface area contributed by atoms with Crippen LogP contribution in [0.25, 0.3) is 0 Å². The molecule has 0 aliphatic carbocycles. The third-order valence-corrected chi connectivity index (χ3v) is 2.66. The van der Waals surface area contributed by atoms with E-state index >= 15 is 0 Å². The Bertz CT molecular complexity index is 437. The molecule has 1 unspecified atom stereocenters. The summed E-state index contributed by atoms with van der Waals surface area (Å²) in [4.78, 5) is 34.1. The van der Waals surface area contributed by atoms with Gasteiger partial charge in [-0.15, -0.1) is 0 Å². The van der Waals surface area contributed by atoms with E-state index < -0.39 is 63.2 Å². The minimum atomic E-state index is -1.32. The molecule has 1 rings (SSSR count). The maximum Gasteiger partial charge on any atom is 0.303 e. The molecule has 1 aliphatic rings. The largest absolute Gasteiger partial charge is 0.456 e. The monoisotopic (exact) mass is 357 g/mol. The molecule has 4 atom stereocenters. The van der Waals surface area contributed by atoms with Crippen molar-refractivity contribution in [3.05, 3.63) is 0 Å². The fourth-order valence-electron chi connectivity index (χ4n) is 1.66. The number of hydrogen-bond acceptors (Lipinski definition) is 8. The smallest absolute Gasteiger partial charge is 0.303 e. The van der Waals surface area contributed by atoms with E-state index in [9.17, 15) is 14.4 Å². The number of carbonyl (C=O) groups excluding carboxylic acids is 3. The highest BCUT2D eigenvalue weighted by atomic mass is 79.9. The van der Waals surface area contributed by atoms with Gasteiger partial charge >= 0.3 is 17.9 Å². The molecule has 1 heterocycles. The van der Waals surface area contributed by atoms with E-state index in [2.05, 4.69) is 16.3 Å².